The predicted octanol–water partition coefficient (Wildman–Crippen LogP) is -1.70. The standard InChI is InChI=1S/C6H14N4O/c7-1-2-9-5-3-10(4-5)6(8)11/h5,9H,1-4,7H2,(H2,8,11). The normalized spacial score (nSPS) is 18.1. The minimum atomic E-state index is -0.337. The van der Waals surface area contributed by atoms with Gasteiger partial charge >= 0.3 is 6.03 Å². The number of nitrogens with one attached hydrogen (secondary N) is 1. The van der Waals surface area contributed by atoms with Crippen molar-refractivity contribution in [3.63, 3.8) is 0 Å². The van der Waals surface area contributed by atoms with E-state index in [-0.39, 0.29) is 6.03 Å². The summed E-state index contributed by atoms with van der Waals surface area (Å²) in [4.78, 5) is 12.1. The van der Waals surface area contributed by atoms with Crippen molar-refractivity contribution in [2.75, 3.05) is 26.2 Å². The molecular weight excluding hydrogens is 144 g/mol. The van der Waals surface area contributed by atoms with E-state index in [1.165, 1.54) is 0 Å². The summed E-state index contributed by atoms with van der Waals surface area (Å²) >= 11 is 0. The maximum Gasteiger partial charge on any atom is 0.314 e. The number of nitrogens with two attached hydrogens (primary N) is 2. The van der Waals surface area contributed by atoms with Crippen LogP contribution in [0, 0.1) is 0 Å². The van der Waals surface area contributed by atoms with E-state index in [1.807, 2.05) is 0 Å². The van der Waals surface area contributed by atoms with Crippen molar-refractivity contribution in [2.24, 2.45) is 11.5 Å². The number of amides is 2. The van der Waals surface area contributed by atoms with Crippen LogP contribution in [0.15, 0.2) is 0 Å². The van der Waals surface area contributed by atoms with Crippen LogP contribution >= 0.6 is 0 Å². The van der Waals surface area contributed by atoms with E-state index in [1.54, 1.807) is 4.90 Å². The van der Waals surface area contributed by atoms with E-state index < -0.39 is 0 Å². The molecule has 0 unspecified atom stereocenters. The summed E-state index contributed by atoms with van der Waals surface area (Å²) in [6, 6.07) is 0.0573. The van der Waals surface area contributed by atoms with Crippen LogP contribution in [-0.2, 0) is 0 Å². The molecule has 0 bridgehead atoms. The molecule has 2 amide bonds. The highest BCUT2D eigenvalue weighted by atomic mass is 16.2. The zero-order valence-corrected chi connectivity index (χ0v) is 6.42. The molecule has 11 heavy (non-hydrogen) atoms. The van der Waals surface area contributed by atoms with E-state index in [2.05, 4.69) is 5.32 Å². The minimum Gasteiger partial charge on any atom is -0.351 e. The molecule has 1 rings (SSSR count). The molecule has 1 heterocycles. The lowest BCUT2D eigenvalue weighted by Gasteiger charge is -2.38. The van der Waals surface area contributed by atoms with Crippen molar-refractivity contribution in [3.05, 3.63) is 0 Å². The van der Waals surface area contributed by atoms with Crippen LogP contribution in [0.25, 0.3) is 0 Å². The summed E-state index contributed by atoms with van der Waals surface area (Å²) in [7, 11) is 0. The highest BCUT2D eigenvalue weighted by molar-refractivity contribution is 5.73. The largest absolute Gasteiger partial charge is 0.351 e. The van der Waals surface area contributed by atoms with Crippen molar-refractivity contribution < 1.29 is 4.79 Å². The number of hydrogen-bond acceptors (Lipinski definition) is 3. The molecule has 0 aromatic rings. The van der Waals surface area contributed by atoms with Gasteiger partial charge in [0.05, 0.1) is 0 Å². The fraction of sp³-hybridized carbons (Fsp3) is 0.833. The first-order chi connectivity index (χ1) is 5.24. The van der Waals surface area contributed by atoms with Gasteiger partial charge in [0.15, 0.2) is 0 Å². The maximum atomic E-state index is 10.5. The maximum absolute atomic E-state index is 10.5. The van der Waals surface area contributed by atoms with Gasteiger partial charge in [-0.25, -0.2) is 4.79 Å². The second kappa shape index (κ2) is 3.54. The minimum absolute atomic E-state index is 0.337. The Morgan fingerprint density at radius 3 is 2.73 bits per heavy atom. The zero-order chi connectivity index (χ0) is 8.27. The monoisotopic (exact) mass is 158 g/mol. The Balaban J connectivity index is 2.05. The van der Waals surface area contributed by atoms with Gasteiger partial charge in [0.2, 0.25) is 0 Å². The van der Waals surface area contributed by atoms with E-state index in [0.29, 0.717) is 12.6 Å². The summed E-state index contributed by atoms with van der Waals surface area (Å²) in [5.41, 5.74) is 10.3. The lowest BCUT2D eigenvalue weighted by molar-refractivity contribution is 0.146. The average molecular weight is 158 g/mol. The molecule has 0 radical (unpaired) electrons. The Labute approximate surface area is 65.7 Å². The number of rotatable bonds is 3. The summed E-state index contributed by atoms with van der Waals surface area (Å²) < 4.78 is 0. The van der Waals surface area contributed by atoms with E-state index >= 15 is 0 Å². The number of likely N-dealkylation sites (tertiary alicyclic amines) is 1. The topological polar surface area (TPSA) is 84.4 Å². The molecule has 1 aliphatic heterocycles. The summed E-state index contributed by atoms with van der Waals surface area (Å²) in [5.74, 6) is 0. The lowest BCUT2D eigenvalue weighted by atomic mass is 10.1. The molecule has 1 saturated heterocycles. The van der Waals surface area contributed by atoms with Gasteiger partial charge in [-0.05, 0) is 0 Å². The van der Waals surface area contributed by atoms with E-state index in [4.69, 9.17) is 11.5 Å². The van der Waals surface area contributed by atoms with Crippen molar-refractivity contribution >= 4 is 6.03 Å². The predicted molar refractivity (Wildman–Crippen MR) is 42.0 cm³/mol. The van der Waals surface area contributed by atoms with E-state index in [9.17, 15) is 4.79 Å². The molecule has 0 aromatic heterocycles. The lowest BCUT2D eigenvalue weighted by Crippen LogP contribution is -2.61. The Hall–Kier alpha value is -0.810. The first-order valence-corrected chi connectivity index (χ1v) is 3.72. The fourth-order valence-electron chi connectivity index (χ4n) is 1.08. The van der Waals surface area contributed by atoms with Crippen LogP contribution in [0.1, 0.15) is 0 Å². The summed E-state index contributed by atoms with van der Waals surface area (Å²) in [6.45, 7) is 2.87. The van der Waals surface area contributed by atoms with Crippen LogP contribution in [-0.4, -0.2) is 43.2 Å². The van der Waals surface area contributed by atoms with Gasteiger partial charge in [0, 0.05) is 32.2 Å². The molecule has 0 aromatic carbocycles. The molecule has 0 atom stereocenters. The molecule has 64 valence electrons. The SMILES string of the molecule is NCCNC1CN(C(N)=O)C1. The summed E-state index contributed by atoms with van der Waals surface area (Å²) in [6.07, 6.45) is 0. The van der Waals surface area contributed by atoms with Gasteiger partial charge in [-0.15, -0.1) is 0 Å². The molecule has 1 aliphatic rings. The molecule has 0 saturated carbocycles. The number of nitrogens with zero attached hydrogens (tertiary/aromatic N) is 1. The second-order valence-electron chi connectivity index (χ2n) is 2.68. The van der Waals surface area contributed by atoms with Crippen molar-refractivity contribution in [2.45, 2.75) is 6.04 Å². The van der Waals surface area contributed by atoms with Gasteiger partial charge in [-0.2, -0.15) is 0 Å². The fourth-order valence-corrected chi connectivity index (χ4v) is 1.08. The highest BCUT2D eigenvalue weighted by Crippen LogP contribution is 2.05. The van der Waals surface area contributed by atoms with Gasteiger partial charge in [-0.1, -0.05) is 0 Å². The van der Waals surface area contributed by atoms with Gasteiger partial charge in [0.25, 0.3) is 0 Å². The number of carbonyl (C=O) groups is 1. The highest BCUT2D eigenvalue weighted by Gasteiger charge is 2.27. The van der Waals surface area contributed by atoms with Crippen molar-refractivity contribution in [1.29, 1.82) is 0 Å². The summed E-state index contributed by atoms with van der Waals surface area (Å²) in [5, 5.41) is 3.18. The second-order valence-corrected chi connectivity index (χ2v) is 2.68. The molecular formula is C6H14N4O. The van der Waals surface area contributed by atoms with Gasteiger partial charge in [-0.3, -0.25) is 0 Å². The third-order valence-electron chi connectivity index (χ3n) is 1.77. The Morgan fingerprint density at radius 1 is 1.64 bits per heavy atom. The first kappa shape index (κ1) is 8.29. The Morgan fingerprint density at radius 2 is 2.27 bits per heavy atom. The average Bonchev–Trinajstić information content (AvgIpc) is 1.84. The van der Waals surface area contributed by atoms with E-state index in [0.717, 1.165) is 19.6 Å². The molecule has 5 nitrogen and oxygen atoms in total. The van der Waals surface area contributed by atoms with Gasteiger partial charge < -0.3 is 21.7 Å². The van der Waals surface area contributed by atoms with Crippen LogP contribution in [0.4, 0.5) is 4.79 Å². The van der Waals surface area contributed by atoms with Crippen LogP contribution < -0.4 is 16.8 Å². The zero-order valence-electron chi connectivity index (χ0n) is 6.42. The number of hydrogen-bond donors (Lipinski definition) is 3. The quantitative estimate of drug-likeness (QED) is 0.457. The third kappa shape index (κ3) is 2.06. The number of urea groups is 1. The van der Waals surface area contributed by atoms with Gasteiger partial charge in [0.1, 0.15) is 0 Å². The molecule has 1 fully saturated rings. The molecule has 0 spiro atoms. The van der Waals surface area contributed by atoms with Crippen LogP contribution in [0.5, 0.6) is 0 Å². The molecule has 5 heteroatoms. The molecule has 5 N–H and O–H groups in total. The third-order valence-corrected chi connectivity index (χ3v) is 1.77. The first-order valence-electron chi connectivity index (χ1n) is 3.72. The number of carbonyl (C=O) groups excluding carboxylic acids is 1. The Bertz CT molecular complexity index is 144. The van der Waals surface area contributed by atoms with Crippen molar-refractivity contribution in [1.82, 2.24) is 10.2 Å². The van der Waals surface area contributed by atoms with Crippen LogP contribution in [0.3, 0.4) is 0 Å². The smallest absolute Gasteiger partial charge is 0.314 e. The number of primary amides is 1. The Kier molecular flexibility index (Phi) is 2.67. The van der Waals surface area contributed by atoms with Crippen LogP contribution in [0.2, 0.25) is 0 Å². The van der Waals surface area contributed by atoms with Crippen molar-refractivity contribution in [3.8, 4) is 0 Å². The molecule has 0 aliphatic carbocycles.